The number of nitrogens with one attached hydrogen (secondary N) is 1. The third-order valence-electron chi connectivity index (χ3n) is 5.07. The Labute approximate surface area is 177 Å². The van der Waals surface area contributed by atoms with E-state index in [1.165, 1.54) is 0 Å². The van der Waals surface area contributed by atoms with Gasteiger partial charge in [-0.3, -0.25) is 4.79 Å². The number of carbonyl (C=O) groups excluding carboxylic acids is 1. The third-order valence-corrected chi connectivity index (χ3v) is 8.01. The van der Waals surface area contributed by atoms with Crippen molar-refractivity contribution in [2.75, 3.05) is 19.6 Å². The third kappa shape index (κ3) is 6.35. The van der Waals surface area contributed by atoms with E-state index in [-0.39, 0.29) is 5.91 Å². The highest BCUT2D eigenvalue weighted by atomic mass is 32.2. The van der Waals surface area contributed by atoms with Crippen LogP contribution in [0.15, 0.2) is 34.5 Å². The minimum Gasteiger partial charge on any atom is -0.356 e. The van der Waals surface area contributed by atoms with Crippen LogP contribution in [0.1, 0.15) is 48.4 Å². The number of benzene rings is 1. The normalized spacial score (nSPS) is 14.9. The molecule has 0 aliphatic carbocycles. The minimum absolute atomic E-state index is 0.0313. The van der Waals surface area contributed by atoms with Crippen molar-refractivity contribution in [3.05, 3.63) is 45.9 Å². The summed E-state index contributed by atoms with van der Waals surface area (Å²) in [5, 5.41) is 6.18. The predicted molar refractivity (Wildman–Crippen MR) is 116 cm³/mol. The Kier molecular flexibility index (Phi) is 7.80. The number of aromatic nitrogens is 1. The SMILES string of the molecule is Cc1csc(CCCCNC(=O)CCc2ccc(S(=O)(=O)N3CCCC3)cc2)n1. The van der Waals surface area contributed by atoms with E-state index in [2.05, 4.69) is 15.7 Å². The molecule has 1 saturated heterocycles. The molecule has 1 aliphatic rings. The first-order valence-electron chi connectivity index (χ1n) is 10.2. The van der Waals surface area contributed by atoms with Gasteiger partial charge in [-0.05, 0) is 63.1 Å². The number of aryl methyl sites for hydroxylation is 3. The lowest BCUT2D eigenvalue weighted by atomic mass is 10.1. The number of amides is 1. The van der Waals surface area contributed by atoms with Gasteiger partial charge in [0.1, 0.15) is 0 Å². The standard InChI is InChI=1S/C21H29N3O3S2/c1-17-16-28-21(23-17)6-2-3-13-22-20(25)12-9-18-7-10-19(11-8-18)29(26,27)24-14-4-5-15-24/h7-8,10-11,16H,2-6,9,12-15H2,1H3,(H,22,25). The van der Waals surface area contributed by atoms with Crippen LogP contribution in [0.3, 0.4) is 0 Å². The van der Waals surface area contributed by atoms with Crippen LogP contribution in [0.2, 0.25) is 0 Å². The molecule has 0 atom stereocenters. The van der Waals surface area contributed by atoms with E-state index in [0.717, 1.165) is 48.4 Å². The van der Waals surface area contributed by atoms with Gasteiger partial charge in [0.05, 0.1) is 9.90 Å². The first-order valence-corrected chi connectivity index (χ1v) is 12.5. The van der Waals surface area contributed by atoms with Crippen molar-refractivity contribution in [3.8, 4) is 0 Å². The number of unbranched alkanes of at least 4 members (excludes halogenated alkanes) is 1. The van der Waals surface area contributed by atoms with Crippen molar-refractivity contribution < 1.29 is 13.2 Å². The van der Waals surface area contributed by atoms with Gasteiger partial charge in [-0.1, -0.05) is 12.1 Å². The highest BCUT2D eigenvalue weighted by molar-refractivity contribution is 7.89. The van der Waals surface area contributed by atoms with Crippen molar-refractivity contribution in [2.45, 2.75) is 56.8 Å². The molecule has 6 nitrogen and oxygen atoms in total. The van der Waals surface area contributed by atoms with Crippen molar-refractivity contribution in [1.82, 2.24) is 14.6 Å². The Balaban J connectivity index is 1.35. The van der Waals surface area contributed by atoms with Crippen LogP contribution in [0.5, 0.6) is 0 Å². The fourth-order valence-corrected chi connectivity index (χ4v) is 5.73. The van der Waals surface area contributed by atoms with E-state index in [4.69, 9.17) is 0 Å². The second-order valence-corrected chi connectivity index (χ2v) is 10.3. The molecule has 0 unspecified atom stereocenters. The molecular weight excluding hydrogens is 406 g/mol. The summed E-state index contributed by atoms with van der Waals surface area (Å²) in [6.07, 6.45) is 5.78. The average Bonchev–Trinajstić information content (AvgIpc) is 3.39. The molecule has 8 heteroatoms. The lowest BCUT2D eigenvalue weighted by molar-refractivity contribution is -0.121. The number of thiazole rings is 1. The van der Waals surface area contributed by atoms with Crippen LogP contribution in [-0.2, 0) is 27.7 Å². The number of sulfonamides is 1. The van der Waals surface area contributed by atoms with Crippen LogP contribution < -0.4 is 5.32 Å². The Morgan fingerprint density at radius 1 is 1.14 bits per heavy atom. The highest BCUT2D eigenvalue weighted by Gasteiger charge is 2.26. The zero-order chi connectivity index (χ0) is 20.7. The molecule has 0 bridgehead atoms. The van der Waals surface area contributed by atoms with Gasteiger partial charge in [-0.15, -0.1) is 11.3 Å². The molecule has 0 radical (unpaired) electrons. The van der Waals surface area contributed by atoms with E-state index in [9.17, 15) is 13.2 Å². The fraction of sp³-hybridized carbons (Fsp3) is 0.524. The summed E-state index contributed by atoms with van der Waals surface area (Å²) in [6.45, 7) is 3.89. The molecule has 0 saturated carbocycles. The maximum Gasteiger partial charge on any atom is 0.243 e. The summed E-state index contributed by atoms with van der Waals surface area (Å²) >= 11 is 1.69. The van der Waals surface area contributed by atoms with Crippen LogP contribution in [0, 0.1) is 6.92 Å². The number of hydrogen-bond donors (Lipinski definition) is 1. The lowest BCUT2D eigenvalue weighted by Gasteiger charge is -2.15. The second kappa shape index (κ2) is 10.3. The van der Waals surface area contributed by atoms with Crippen LogP contribution in [0.25, 0.3) is 0 Å². The number of hydrogen-bond acceptors (Lipinski definition) is 5. The molecule has 1 amide bonds. The smallest absolute Gasteiger partial charge is 0.243 e. The van der Waals surface area contributed by atoms with Gasteiger partial charge >= 0.3 is 0 Å². The molecule has 2 aromatic rings. The molecule has 158 valence electrons. The van der Waals surface area contributed by atoms with Gasteiger partial charge in [-0.25, -0.2) is 13.4 Å². The average molecular weight is 436 g/mol. The first-order chi connectivity index (χ1) is 13.9. The summed E-state index contributed by atoms with van der Waals surface area (Å²) in [5.41, 5.74) is 2.04. The molecular formula is C21H29N3O3S2. The lowest BCUT2D eigenvalue weighted by Crippen LogP contribution is -2.27. The summed E-state index contributed by atoms with van der Waals surface area (Å²) in [7, 11) is -3.37. The maximum absolute atomic E-state index is 12.5. The summed E-state index contributed by atoms with van der Waals surface area (Å²) in [4.78, 5) is 16.8. The number of carbonyl (C=O) groups is 1. The number of rotatable bonds is 10. The zero-order valence-electron chi connectivity index (χ0n) is 16.9. The molecule has 3 rings (SSSR count). The Morgan fingerprint density at radius 3 is 2.52 bits per heavy atom. The molecule has 1 aliphatic heterocycles. The van der Waals surface area contributed by atoms with Crippen LogP contribution in [-0.4, -0.2) is 43.2 Å². The second-order valence-electron chi connectivity index (χ2n) is 7.44. The maximum atomic E-state index is 12.5. The molecule has 0 spiro atoms. The largest absolute Gasteiger partial charge is 0.356 e. The highest BCUT2D eigenvalue weighted by Crippen LogP contribution is 2.21. The van der Waals surface area contributed by atoms with Crippen LogP contribution >= 0.6 is 11.3 Å². The Bertz CT molecular complexity index is 902. The van der Waals surface area contributed by atoms with Gasteiger partial charge in [0.25, 0.3) is 0 Å². The molecule has 2 heterocycles. The Morgan fingerprint density at radius 2 is 1.86 bits per heavy atom. The minimum atomic E-state index is -3.37. The number of nitrogens with zero attached hydrogens (tertiary/aromatic N) is 2. The van der Waals surface area contributed by atoms with E-state index < -0.39 is 10.0 Å². The van der Waals surface area contributed by atoms with Crippen molar-refractivity contribution in [2.24, 2.45) is 0 Å². The van der Waals surface area contributed by atoms with E-state index >= 15 is 0 Å². The van der Waals surface area contributed by atoms with Gasteiger partial charge in [-0.2, -0.15) is 4.31 Å². The fourth-order valence-electron chi connectivity index (χ4n) is 3.40. The molecule has 1 aromatic heterocycles. The summed E-state index contributed by atoms with van der Waals surface area (Å²) < 4.78 is 26.6. The summed E-state index contributed by atoms with van der Waals surface area (Å²) in [6, 6.07) is 6.93. The van der Waals surface area contributed by atoms with Crippen LogP contribution in [0.4, 0.5) is 0 Å². The Hall–Kier alpha value is -1.77. The van der Waals surface area contributed by atoms with Crippen molar-refractivity contribution in [1.29, 1.82) is 0 Å². The van der Waals surface area contributed by atoms with E-state index in [1.807, 2.05) is 19.1 Å². The van der Waals surface area contributed by atoms with Gasteiger partial charge in [0.15, 0.2) is 0 Å². The molecule has 29 heavy (non-hydrogen) atoms. The quantitative estimate of drug-likeness (QED) is 0.581. The monoisotopic (exact) mass is 435 g/mol. The molecule has 1 fully saturated rings. The van der Waals surface area contributed by atoms with Gasteiger partial charge < -0.3 is 5.32 Å². The van der Waals surface area contributed by atoms with E-state index in [0.29, 0.717) is 37.4 Å². The van der Waals surface area contributed by atoms with Crippen molar-refractivity contribution >= 4 is 27.3 Å². The van der Waals surface area contributed by atoms with Gasteiger partial charge in [0.2, 0.25) is 15.9 Å². The summed E-state index contributed by atoms with van der Waals surface area (Å²) in [5.74, 6) is 0.0313. The van der Waals surface area contributed by atoms with Crippen molar-refractivity contribution in [3.63, 3.8) is 0 Å². The predicted octanol–water partition coefficient (Wildman–Crippen LogP) is 3.31. The molecule has 1 aromatic carbocycles. The topological polar surface area (TPSA) is 79.4 Å². The molecule has 1 N–H and O–H groups in total. The first kappa shape index (κ1) is 21.9. The van der Waals surface area contributed by atoms with E-state index in [1.54, 1.807) is 27.8 Å². The van der Waals surface area contributed by atoms with Gasteiger partial charge in [0, 0.05) is 37.1 Å². The zero-order valence-corrected chi connectivity index (χ0v) is 18.5.